The lowest BCUT2D eigenvalue weighted by atomic mass is 10.0. The molecule has 2 rings (SSSR count). The summed E-state index contributed by atoms with van der Waals surface area (Å²) in [5.74, 6) is 0.925. The number of amides is 1. The van der Waals surface area contributed by atoms with E-state index in [1.807, 2.05) is 12.1 Å². The Balaban J connectivity index is 1.68. The minimum atomic E-state index is 0.0669. The van der Waals surface area contributed by atoms with Gasteiger partial charge in [0.2, 0.25) is 5.91 Å². The van der Waals surface area contributed by atoms with Gasteiger partial charge in [-0.05, 0) is 74.1 Å². The molecule has 0 fully saturated rings. The van der Waals surface area contributed by atoms with Crippen molar-refractivity contribution in [2.45, 2.75) is 40.5 Å². The third kappa shape index (κ3) is 5.73. The molecule has 0 bridgehead atoms. The Bertz CT molecular complexity index is 687. The minimum absolute atomic E-state index is 0.0669. The van der Waals surface area contributed by atoms with Crippen LogP contribution in [0.25, 0.3) is 0 Å². The van der Waals surface area contributed by atoms with Gasteiger partial charge in [0.1, 0.15) is 12.4 Å². The summed E-state index contributed by atoms with van der Waals surface area (Å²) in [5, 5.41) is 2.91. The Labute approximate surface area is 145 Å². The lowest BCUT2D eigenvalue weighted by molar-refractivity contribution is -0.121. The number of rotatable bonds is 7. The van der Waals surface area contributed by atoms with Gasteiger partial charge in [-0.3, -0.25) is 4.79 Å². The Morgan fingerprint density at radius 2 is 1.67 bits per heavy atom. The summed E-state index contributed by atoms with van der Waals surface area (Å²) in [6.45, 7) is 9.31. The largest absolute Gasteiger partial charge is 0.492 e. The van der Waals surface area contributed by atoms with Crippen LogP contribution in [0.15, 0.2) is 36.4 Å². The highest BCUT2D eigenvalue weighted by Gasteiger charge is 2.03. The van der Waals surface area contributed by atoms with Crippen LogP contribution in [0.4, 0.5) is 0 Å². The lowest BCUT2D eigenvalue weighted by Gasteiger charge is -2.10. The second kappa shape index (κ2) is 8.53. The quantitative estimate of drug-likeness (QED) is 0.780. The van der Waals surface area contributed by atoms with Crippen LogP contribution in [0.2, 0.25) is 0 Å². The van der Waals surface area contributed by atoms with Gasteiger partial charge in [0, 0.05) is 6.42 Å². The molecule has 0 saturated carbocycles. The fourth-order valence-corrected chi connectivity index (χ4v) is 2.68. The van der Waals surface area contributed by atoms with E-state index in [2.05, 4.69) is 57.3 Å². The van der Waals surface area contributed by atoms with Crippen molar-refractivity contribution in [3.63, 3.8) is 0 Å². The summed E-state index contributed by atoms with van der Waals surface area (Å²) in [7, 11) is 0. The Kier molecular flexibility index (Phi) is 6.42. The van der Waals surface area contributed by atoms with Crippen LogP contribution in [0, 0.1) is 27.7 Å². The van der Waals surface area contributed by atoms with Gasteiger partial charge in [-0.15, -0.1) is 0 Å². The van der Waals surface area contributed by atoms with Gasteiger partial charge < -0.3 is 10.1 Å². The second-order valence-corrected chi connectivity index (χ2v) is 6.44. The smallest absolute Gasteiger partial charge is 0.220 e. The maximum atomic E-state index is 11.9. The maximum Gasteiger partial charge on any atom is 0.220 e. The number of ether oxygens (including phenoxy) is 1. The molecule has 0 aliphatic rings. The summed E-state index contributed by atoms with van der Waals surface area (Å²) in [6, 6.07) is 12.5. The number of hydrogen-bond donors (Lipinski definition) is 1. The first-order chi connectivity index (χ1) is 11.4. The van der Waals surface area contributed by atoms with Gasteiger partial charge in [-0.1, -0.05) is 24.3 Å². The summed E-state index contributed by atoms with van der Waals surface area (Å²) in [6.07, 6.45) is 1.27. The van der Waals surface area contributed by atoms with E-state index in [1.54, 1.807) is 0 Å². The van der Waals surface area contributed by atoms with E-state index in [-0.39, 0.29) is 5.91 Å². The van der Waals surface area contributed by atoms with Crippen LogP contribution < -0.4 is 10.1 Å². The van der Waals surface area contributed by atoms with Gasteiger partial charge in [0.15, 0.2) is 0 Å². The van der Waals surface area contributed by atoms with Gasteiger partial charge in [0.05, 0.1) is 6.54 Å². The first kappa shape index (κ1) is 18.1. The van der Waals surface area contributed by atoms with Gasteiger partial charge in [-0.2, -0.15) is 0 Å². The first-order valence-electron chi connectivity index (χ1n) is 8.48. The molecule has 2 aromatic rings. The van der Waals surface area contributed by atoms with Crippen molar-refractivity contribution in [2.24, 2.45) is 0 Å². The van der Waals surface area contributed by atoms with Crippen molar-refractivity contribution >= 4 is 5.91 Å². The van der Waals surface area contributed by atoms with Crippen molar-refractivity contribution in [1.29, 1.82) is 0 Å². The molecule has 0 aromatic heterocycles. The molecular formula is C21H27NO2. The van der Waals surface area contributed by atoms with E-state index in [1.165, 1.54) is 27.8 Å². The number of carbonyl (C=O) groups is 1. The van der Waals surface area contributed by atoms with Gasteiger partial charge in [-0.25, -0.2) is 0 Å². The lowest BCUT2D eigenvalue weighted by Crippen LogP contribution is -2.28. The second-order valence-electron chi connectivity index (χ2n) is 6.44. The number of nitrogens with one attached hydrogen (secondary N) is 1. The van der Waals surface area contributed by atoms with E-state index in [4.69, 9.17) is 4.74 Å². The van der Waals surface area contributed by atoms with Crippen LogP contribution in [-0.2, 0) is 11.2 Å². The SMILES string of the molecule is Cc1cc(C)cc(OCCNC(=O)CCc2ccc(C)c(C)c2)c1. The molecule has 1 N–H and O–H groups in total. The molecule has 3 heteroatoms. The molecule has 0 unspecified atom stereocenters. The number of benzene rings is 2. The Hall–Kier alpha value is -2.29. The first-order valence-corrected chi connectivity index (χ1v) is 8.48. The van der Waals surface area contributed by atoms with E-state index in [0.717, 1.165) is 12.2 Å². The third-order valence-corrected chi connectivity index (χ3v) is 4.10. The van der Waals surface area contributed by atoms with Crippen LogP contribution in [0.1, 0.15) is 34.2 Å². The molecule has 0 heterocycles. The van der Waals surface area contributed by atoms with Crippen molar-refractivity contribution in [1.82, 2.24) is 5.32 Å². The zero-order chi connectivity index (χ0) is 17.5. The molecule has 2 aromatic carbocycles. The molecule has 0 radical (unpaired) electrons. The highest BCUT2D eigenvalue weighted by atomic mass is 16.5. The van der Waals surface area contributed by atoms with Crippen molar-refractivity contribution < 1.29 is 9.53 Å². The fraction of sp³-hybridized carbons (Fsp3) is 0.381. The highest BCUT2D eigenvalue weighted by Crippen LogP contribution is 2.16. The monoisotopic (exact) mass is 325 g/mol. The molecule has 0 saturated heterocycles. The van der Waals surface area contributed by atoms with E-state index < -0.39 is 0 Å². The molecule has 24 heavy (non-hydrogen) atoms. The molecule has 0 aliphatic heterocycles. The Morgan fingerprint density at radius 1 is 0.958 bits per heavy atom. The van der Waals surface area contributed by atoms with Crippen LogP contribution in [0.3, 0.4) is 0 Å². The van der Waals surface area contributed by atoms with E-state index in [9.17, 15) is 4.79 Å². The Morgan fingerprint density at radius 3 is 2.33 bits per heavy atom. The summed E-state index contributed by atoms with van der Waals surface area (Å²) in [4.78, 5) is 11.9. The van der Waals surface area contributed by atoms with Crippen LogP contribution in [-0.4, -0.2) is 19.1 Å². The fourth-order valence-electron chi connectivity index (χ4n) is 2.68. The average Bonchev–Trinajstić information content (AvgIpc) is 2.52. The molecule has 0 spiro atoms. The summed E-state index contributed by atoms with van der Waals surface area (Å²) >= 11 is 0. The highest BCUT2D eigenvalue weighted by molar-refractivity contribution is 5.76. The molecule has 1 amide bonds. The number of hydrogen-bond acceptors (Lipinski definition) is 2. The number of carbonyl (C=O) groups excluding carboxylic acids is 1. The molecule has 128 valence electrons. The average molecular weight is 325 g/mol. The molecule has 0 aliphatic carbocycles. The normalized spacial score (nSPS) is 10.5. The van der Waals surface area contributed by atoms with E-state index in [0.29, 0.717) is 19.6 Å². The van der Waals surface area contributed by atoms with Crippen molar-refractivity contribution in [3.05, 3.63) is 64.2 Å². The zero-order valence-electron chi connectivity index (χ0n) is 15.1. The van der Waals surface area contributed by atoms with Crippen molar-refractivity contribution in [3.8, 4) is 5.75 Å². The zero-order valence-corrected chi connectivity index (χ0v) is 15.1. The molecule has 0 atom stereocenters. The van der Waals surface area contributed by atoms with Gasteiger partial charge >= 0.3 is 0 Å². The third-order valence-electron chi connectivity index (χ3n) is 4.10. The molecule has 3 nitrogen and oxygen atoms in total. The number of aryl methyl sites for hydroxylation is 5. The van der Waals surface area contributed by atoms with E-state index >= 15 is 0 Å². The molecular weight excluding hydrogens is 298 g/mol. The summed E-state index contributed by atoms with van der Waals surface area (Å²) < 4.78 is 5.70. The summed E-state index contributed by atoms with van der Waals surface area (Å²) in [5.41, 5.74) is 6.13. The minimum Gasteiger partial charge on any atom is -0.492 e. The maximum absolute atomic E-state index is 11.9. The van der Waals surface area contributed by atoms with Crippen LogP contribution in [0.5, 0.6) is 5.75 Å². The predicted molar refractivity (Wildman–Crippen MR) is 98.7 cm³/mol. The van der Waals surface area contributed by atoms with Crippen molar-refractivity contribution in [2.75, 3.05) is 13.2 Å². The predicted octanol–water partition coefficient (Wildman–Crippen LogP) is 4.05. The van der Waals surface area contributed by atoms with Gasteiger partial charge in [0.25, 0.3) is 0 Å². The topological polar surface area (TPSA) is 38.3 Å². The van der Waals surface area contributed by atoms with Crippen LogP contribution >= 0.6 is 0 Å². The standard InChI is InChI=1S/C21H27NO2/c1-15-11-16(2)13-20(12-15)24-10-9-22-21(23)8-7-19-6-5-17(3)18(4)14-19/h5-6,11-14H,7-10H2,1-4H3,(H,22,23).